The summed E-state index contributed by atoms with van der Waals surface area (Å²) in [5, 5.41) is 7.70. The van der Waals surface area contributed by atoms with E-state index in [9.17, 15) is 4.39 Å². The van der Waals surface area contributed by atoms with Crippen molar-refractivity contribution in [2.75, 3.05) is 0 Å². The molecular weight excluding hydrogens is 269 g/mol. The van der Waals surface area contributed by atoms with Gasteiger partial charge in [-0.3, -0.25) is 4.98 Å². The first-order valence-corrected chi connectivity index (χ1v) is 5.63. The molecule has 0 aliphatic carbocycles. The van der Waals surface area contributed by atoms with Gasteiger partial charge in [-0.25, -0.2) is 9.37 Å². The van der Waals surface area contributed by atoms with Crippen molar-refractivity contribution in [2.24, 2.45) is 15.9 Å². The second-order valence-corrected chi connectivity index (χ2v) is 3.90. The van der Waals surface area contributed by atoms with Gasteiger partial charge in [0.05, 0.1) is 18.6 Å². The van der Waals surface area contributed by atoms with Crippen LogP contribution >= 0.6 is 11.6 Å². The first-order valence-electron chi connectivity index (χ1n) is 5.25. The number of benzene rings is 1. The van der Waals surface area contributed by atoms with Crippen molar-refractivity contribution >= 4 is 23.7 Å². The van der Waals surface area contributed by atoms with Gasteiger partial charge in [-0.05, 0) is 17.7 Å². The molecule has 7 heteroatoms. The van der Waals surface area contributed by atoms with Crippen LogP contribution in [0.5, 0.6) is 0 Å². The molecule has 0 amide bonds. The van der Waals surface area contributed by atoms with Crippen LogP contribution in [-0.4, -0.2) is 22.0 Å². The zero-order valence-corrected chi connectivity index (χ0v) is 10.4. The van der Waals surface area contributed by atoms with E-state index < -0.39 is 0 Å². The number of halogens is 2. The molecule has 96 valence electrons. The molecule has 2 rings (SSSR count). The molecule has 5 nitrogen and oxygen atoms in total. The highest BCUT2D eigenvalue weighted by atomic mass is 35.5. The van der Waals surface area contributed by atoms with Gasteiger partial charge in [0.15, 0.2) is 5.84 Å². The molecule has 1 aromatic heterocycles. The van der Waals surface area contributed by atoms with Gasteiger partial charge in [-0.15, -0.1) is 5.10 Å². The number of amidine groups is 1. The molecule has 0 saturated heterocycles. The Bertz CT molecular complexity index is 642. The highest BCUT2D eigenvalue weighted by Crippen LogP contribution is 2.03. The molecule has 19 heavy (non-hydrogen) atoms. The fraction of sp³-hybridized carbons (Fsp3) is 0. The molecule has 0 bridgehead atoms. The molecule has 1 aromatic carbocycles. The van der Waals surface area contributed by atoms with Gasteiger partial charge in [0.25, 0.3) is 0 Å². The summed E-state index contributed by atoms with van der Waals surface area (Å²) < 4.78 is 12.9. The quantitative estimate of drug-likeness (QED) is 0.530. The van der Waals surface area contributed by atoms with Crippen LogP contribution in [0.1, 0.15) is 11.3 Å². The first kappa shape index (κ1) is 13.1. The van der Waals surface area contributed by atoms with E-state index in [2.05, 4.69) is 20.2 Å². The second-order valence-electron chi connectivity index (χ2n) is 3.51. The Morgan fingerprint density at radius 1 is 1.37 bits per heavy atom. The van der Waals surface area contributed by atoms with Crippen molar-refractivity contribution in [3.05, 3.63) is 58.9 Å². The van der Waals surface area contributed by atoms with Crippen molar-refractivity contribution < 1.29 is 4.39 Å². The Morgan fingerprint density at radius 2 is 2.21 bits per heavy atom. The summed E-state index contributed by atoms with van der Waals surface area (Å²) in [7, 11) is 0. The van der Waals surface area contributed by atoms with E-state index in [1.165, 1.54) is 30.7 Å². The van der Waals surface area contributed by atoms with Crippen LogP contribution in [0.2, 0.25) is 5.15 Å². The molecule has 0 aliphatic rings. The third-order valence-electron chi connectivity index (χ3n) is 2.09. The molecule has 2 aromatic rings. The zero-order valence-electron chi connectivity index (χ0n) is 9.66. The predicted molar refractivity (Wildman–Crippen MR) is 71.8 cm³/mol. The number of hydrogen-bond acceptors (Lipinski definition) is 4. The van der Waals surface area contributed by atoms with Gasteiger partial charge in [0.2, 0.25) is 0 Å². The standard InChI is InChI=1S/C12H9ClFN5/c13-11-7-16-6-10(18-11)12(15)19-17-5-8-2-1-3-9(14)4-8/h1-7H,(H2,15,19). The van der Waals surface area contributed by atoms with Crippen molar-refractivity contribution in [2.45, 2.75) is 0 Å². The number of nitrogens with zero attached hydrogens (tertiary/aromatic N) is 4. The molecule has 0 radical (unpaired) electrons. The third kappa shape index (κ3) is 3.82. The van der Waals surface area contributed by atoms with Gasteiger partial charge < -0.3 is 5.73 Å². The number of rotatable bonds is 3. The van der Waals surface area contributed by atoms with Gasteiger partial charge in [-0.2, -0.15) is 5.10 Å². The summed E-state index contributed by atoms with van der Waals surface area (Å²) in [5.74, 6) is -0.274. The normalized spacial score (nSPS) is 12.0. The van der Waals surface area contributed by atoms with Crippen LogP contribution in [0.4, 0.5) is 4.39 Å². The van der Waals surface area contributed by atoms with Crippen LogP contribution in [0.25, 0.3) is 0 Å². The summed E-state index contributed by atoms with van der Waals surface area (Å²) >= 11 is 5.67. The average molecular weight is 278 g/mol. The van der Waals surface area contributed by atoms with E-state index in [-0.39, 0.29) is 16.8 Å². The minimum Gasteiger partial charge on any atom is -0.380 e. The van der Waals surface area contributed by atoms with Gasteiger partial charge >= 0.3 is 0 Å². The maximum absolute atomic E-state index is 12.9. The van der Waals surface area contributed by atoms with Crippen LogP contribution in [0, 0.1) is 5.82 Å². The molecule has 1 heterocycles. The molecular formula is C12H9ClFN5. The highest BCUT2D eigenvalue weighted by molar-refractivity contribution is 6.29. The first-order chi connectivity index (χ1) is 9.15. The molecule has 0 fully saturated rings. The van der Waals surface area contributed by atoms with E-state index in [1.54, 1.807) is 12.1 Å². The maximum atomic E-state index is 12.9. The lowest BCUT2D eigenvalue weighted by molar-refractivity contribution is 0.627. The highest BCUT2D eigenvalue weighted by Gasteiger charge is 2.01. The Balaban J connectivity index is 2.14. The fourth-order valence-corrected chi connectivity index (χ4v) is 1.41. The summed E-state index contributed by atoms with van der Waals surface area (Å²) in [6.07, 6.45) is 4.19. The van der Waals surface area contributed by atoms with Crippen LogP contribution in [0.3, 0.4) is 0 Å². The molecule has 0 unspecified atom stereocenters. The van der Waals surface area contributed by atoms with Gasteiger partial charge in [0.1, 0.15) is 16.7 Å². The summed E-state index contributed by atoms with van der Waals surface area (Å²) in [6.45, 7) is 0. The van der Waals surface area contributed by atoms with Crippen molar-refractivity contribution in [1.82, 2.24) is 9.97 Å². The Kier molecular flexibility index (Phi) is 4.15. The lowest BCUT2D eigenvalue weighted by atomic mass is 10.2. The third-order valence-corrected chi connectivity index (χ3v) is 2.27. The SMILES string of the molecule is NC(=NN=Cc1cccc(F)c1)c1cncc(Cl)n1. The summed E-state index contributed by atoms with van der Waals surface area (Å²) in [6, 6.07) is 5.94. The van der Waals surface area contributed by atoms with Crippen LogP contribution in [-0.2, 0) is 0 Å². The summed E-state index contributed by atoms with van der Waals surface area (Å²) in [5.41, 5.74) is 6.56. The second kappa shape index (κ2) is 6.01. The Labute approximate surface area is 113 Å². The Hall–Kier alpha value is -2.34. The van der Waals surface area contributed by atoms with E-state index in [0.717, 1.165) is 0 Å². The van der Waals surface area contributed by atoms with E-state index in [4.69, 9.17) is 17.3 Å². The monoisotopic (exact) mass is 277 g/mol. The fourth-order valence-electron chi connectivity index (χ4n) is 1.26. The average Bonchev–Trinajstić information content (AvgIpc) is 2.38. The van der Waals surface area contributed by atoms with E-state index in [0.29, 0.717) is 11.3 Å². The van der Waals surface area contributed by atoms with E-state index >= 15 is 0 Å². The lowest BCUT2D eigenvalue weighted by Crippen LogP contribution is -2.15. The minimum absolute atomic E-state index is 0.0719. The smallest absolute Gasteiger partial charge is 0.173 e. The molecule has 0 aliphatic heterocycles. The van der Waals surface area contributed by atoms with E-state index in [1.807, 2.05) is 0 Å². The van der Waals surface area contributed by atoms with Gasteiger partial charge in [0, 0.05) is 0 Å². The number of hydrogen-bond donors (Lipinski definition) is 1. The Morgan fingerprint density at radius 3 is 2.95 bits per heavy atom. The lowest BCUT2D eigenvalue weighted by Gasteiger charge is -1.96. The minimum atomic E-state index is -0.346. The zero-order chi connectivity index (χ0) is 13.7. The molecule has 0 saturated carbocycles. The largest absolute Gasteiger partial charge is 0.380 e. The van der Waals surface area contributed by atoms with Gasteiger partial charge in [-0.1, -0.05) is 23.7 Å². The van der Waals surface area contributed by atoms with Crippen LogP contribution < -0.4 is 5.73 Å². The van der Waals surface area contributed by atoms with Crippen molar-refractivity contribution in [1.29, 1.82) is 0 Å². The predicted octanol–water partition coefficient (Wildman–Crippen LogP) is 2.01. The maximum Gasteiger partial charge on any atom is 0.173 e. The molecule has 0 atom stereocenters. The van der Waals surface area contributed by atoms with Crippen molar-refractivity contribution in [3.8, 4) is 0 Å². The molecule has 0 spiro atoms. The van der Waals surface area contributed by atoms with Crippen LogP contribution in [0.15, 0.2) is 46.9 Å². The molecule has 2 N–H and O–H groups in total. The summed E-state index contributed by atoms with van der Waals surface area (Å²) in [4.78, 5) is 7.75. The van der Waals surface area contributed by atoms with Crippen molar-refractivity contribution in [3.63, 3.8) is 0 Å². The number of aromatic nitrogens is 2. The topological polar surface area (TPSA) is 76.5 Å². The number of nitrogens with two attached hydrogens (primary N) is 1.